The van der Waals surface area contributed by atoms with Crippen LogP contribution in [0.25, 0.3) is 0 Å². The Labute approximate surface area is 148 Å². The normalized spacial score (nSPS) is 16.7. The summed E-state index contributed by atoms with van der Waals surface area (Å²) >= 11 is 0. The minimum absolute atomic E-state index is 0.0224. The van der Waals surface area contributed by atoms with Gasteiger partial charge in [0, 0.05) is 24.9 Å². The van der Waals surface area contributed by atoms with E-state index >= 15 is 0 Å². The van der Waals surface area contributed by atoms with Gasteiger partial charge in [-0.2, -0.15) is 0 Å². The third kappa shape index (κ3) is 4.08. The van der Waals surface area contributed by atoms with E-state index in [0.29, 0.717) is 5.56 Å². The highest BCUT2D eigenvalue weighted by atomic mass is 16.5. The third-order valence-corrected chi connectivity index (χ3v) is 4.74. The van der Waals surface area contributed by atoms with Crippen molar-refractivity contribution in [2.75, 3.05) is 13.7 Å². The molecule has 0 saturated carbocycles. The maximum Gasteiger partial charge on any atom is 0.223 e. The van der Waals surface area contributed by atoms with E-state index in [0.717, 1.165) is 30.7 Å². The molecule has 130 valence electrons. The molecule has 3 rings (SSSR count). The van der Waals surface area contributed by atoms with E-state index in [4.69, 9.17) is 4.74 Å². The molecule has 0 aliphatic carbocycles. The van der Waals surface area contributed by atoms with Gasteiger partial charge < -0.3 is 9.64 Å². The Morgan fingerprint density at radius 2 is 1.76 bits per heavy atom. The first kappa shape index (κ1) is 17.2. The number of ketones is 1. The molecule has 1 heterocycles. The highest BCUT2D eigenvalue weighted by molar-refractivity contribution is 5.97. The van der Waals surface area contributed by atoms with E-state index in [1.807, 2.05) is 47.4 Å². The molecule has 1 unspecified atom stereocenters. The van der Waals surface area contributed by atoms with Crippen molar-refractivity contribution < 1.29 is 14.3 Å². The van der Waals surface area contributed by atoms with Crippen LogP contribution in [-0.2, 0) is 4.79 Å². The molecule has 0 radical (unpaired) electrons. The number of likely N-dealkylation sites (tertiary alicyclic amines) is 1. The average Bonchev–Trinajstić information content (AvgIpc) is 3.16. The summed E-state index contributed by atoms with van der Waals surface area (Å²) in [5, 5.41) is 0. The van der Waals surface area contributed by atoms with Gasteiger partial charge in [-0.15, -0.1) is 0 Å². The van der Waals surface area contributed by atoms with Crippen LogP contribution in [0.4, 0.5) is 0 Å². The molecule has 1 fully saturated rings. The number of amides is 1. The van der Waals surface area contributed by atoms with Crippen molar-refractivity contribution in [2.45, 2.75) is 31.7 Å². The molecule has 1 aliphatic heterocycles. The minimum atomic E-state index is 0.0224. The van der Waals surface area contributed by atoms with Gasteiger partial charge in [-0.25, -0.2) is 0 Å². The number of nitrogens with zero attached hydrogens (tertiary/aromatic N) is 1. The summed E-state index contributed by atoms with van der Waals surface area (Å²) < 4.78 is 5.20. The molecule has 0 spiro atoms. The first-order chi connectivity index (χ1) is 12.2. The van der Waals surface area contributed by atoms with Crippen LogP contribution < -0.4 is 4.74 Å². The summed E-state index contributed by atoms with van der Waals surface area (Å²) in [4.78, 5) is 26.8. The van der Waals surface area contributed by atoms with Crippen LogP contribution in [0.1, 0.15) is 47.6 Å². The number of methoxy groups -OCH3 is 1. The zero-order chi connectivity index (χ0) is 17.6. The Kier molecular flexibility index (Phi) is 5.49. The smallest absolute Gasteiger partial charge is 0.223 e. The van der Waals surface area contributed by atoms with Gasteiger partial charge in [0.2, 0.25) is 5.91 Å². The number of Topliss-reactive ketones (excluding diaryl/α,β-unsaturated/α-hetero) is 1. The van der Waals surface area contributed by atoms with Crippen LogP contribution >= 0.6 is 0 Å². The Balaban J connectivity index is 1.61. The highest BCUT2D eigenvalue weighted by Gasteiger charge is 2.29. The largest absolute Gasteiger partial charge is 0.497 e. The number of carbonyl (C=O) groups is 2. The molecule has 1 amide bonds. The van der Waals surface area contributed by atoms with Crippen molar-refractivity contribution in [2.24, 2.45) is 0 Å². The molecule has 4 nitrogen and oxygen atoms in total. The van der Waals surface area contributed by atoms with Gasteiger partial charge in [0.25, 0.3) is 0 Å². The van der Waals surface area contributed by atoms with E-state index in [1.54, 1.807) is 19.2 Å². The van der Waals surface area contributed by atoms with Crippen molar-refractivity contribution in [1.82, 2.24) is 4.90 Å². The second kappa shape index (κ2) is 7.97. The standard InChI is InChI=1S/C21H23NO3/c1-25-18-11-9-16(10-12-18)19-8-5-15-22(19)21(24)14-13-20(23)17-6-3-2-4-7-17/h2-4,6-7,9-12,19H,5,8,13-15H2,1H3. The van der Waals surface area contributed by atoms with Crippen LogP contribution in [0.2, 0.25) is 0 Å². The molecule has 25 heavy (non-hydrogen) atoms. The number of ether oxygens (including phenoxy) is 1. The number of hydrogen-bond acceptors (Lipinski definition) is 3. The Hall–Kier alpha value is -2.62. The highest BCUT2D eigenvalue weighted by Crippen LogP contribution is 2.33. The van der Waals surface area contributed by atoms with Crippen LogP contribution in [0, 0.1) is 0 Å². The second-order valence-corrected chi connectivity index (χ2v) is 6.31. The Morgan fingerprint density at radius 3 is 2.44 bits per heavy atom. The van der Waals surface area contributed by atoms with Crippen LogP contribution in [0.15, 0.2) is 54.6 Å². The van der Waals surface area contributed by atoms with E-state index in [-0.39, 0.29) is 30.6 Å². The monoisotopic (exact) mass is 337 g/mol. The lowest BCUT2D eigenvalue weighted by atomic mass is 10.0. The maximum atomic E-state index is 12.6. The predicted octanol–water partition coefficient (Wildman–Crippen LogP) is 4.02. The average molecular weight is 337 g/mol. The Morgan fingerprint density at radius 1 is 1.04 bits per heavy atom. The van der Waals surface area contributed by atoms with E-state index in [1.165, 1.54) is 0 Å². The lowest BCUT2D eigenvalue weighted by molar-refractivity contribution is -0.132. The van der Waals surface area contributed by atoms with Gasteiger partial charge >= 0.3 is 0 Å². The van der Waals surface area contributed by atoms with Gasteiger partial charge in [0.1, 0.15) is 5.75 Å². The number of hydrogen-bond donors (Lipinski definition) is 0. The topological polar surface area (TPSA) is 46.6 Å². The first-order valence-corrected chi connectivity index (χ1v) is 8.70. The van der Waals surface area contributed by atoms with Crippen molar-refractivity contribution >= 4 is 11.7 Å². The van der Waals surface area contributed by atoms with Gasteiger partial charge in [0.15, 0.2) is 5.78 Å². The van der Waals surface area contributed by atoms with Crippen LogP contribution in [0.3, 0.4) is 0 Å². The Bertz CT molecular complexity index is 725. The zero-order valence-corrected chi connectivity index (χ0v) is 14.5. The second-order valence-electron chi connectivity index (χ2n) is 6.31. The van der Waals surface area contributed by atoms with E-state index < -0.39 is 0 Å². The summed E-state index contributed by atoms with van der Waals surface area (Å²) in [6.45, 7) is 0.759. The summed E-state index contributed by atoms with van der Waals surface area (Å²) in [5.74, 6) is 0.893. The van der Waals surface area contributed by atoms with Crippen molar-refractivity contribution in [3.63, 3.8) is 0 Å². The molecule has 0 bridgehead atoms. The predicted molar refractivity (Wildman–Crippen MR) is 96.7 cm³/mol. The fraction of sp³-hybridized carbons (Fsp3) is 0.333. The number of rotatable bonds is 6. The van der Waals surface area contributed by atoms with E-state index in [2.05, 4.69) is 0 Å². The maximum absolute atomic E-state index is 12.6. The summed E-state index contributed by atoms with van der Waals surface area (Å²) in [7, 11) is 1.64. The molecule has 2 aromatic rings. The molecule has 1 saturated heterocycles. The molecule has 1 aliphatic rings. The molecule has 2 aromatic carbocycles. The number of carbonyl (C=O) groups excluding carboxylic acids is 2. The van der Waals surface area contributed by atoms with E-state index in [9.17, 15) is 9.59 Å². The lowest BCUT2D eigenvalue weighted by Gasteiger charge is -2.25. The quantitative estimate of drug-likeness (QED) is 0.748. The third-order valence-electron chi connectivity index (χ3n) is 4.74. The van der Waals surface area contributed by atoms with Crippen LogP contribution in [-0.4, -0.2) is 30.2 Å². The van der Waals surface area contributed by atoms with Crippen molar-refractivity contribution in [1.29, 1.82) is 0 Å². The van der Waals surface area contributed by atoms with Gasteiger partial charge in [-0.1, -0.05) is 42.5 Å². The first-order valence-electron chi connectivity index (χ1n) is 8.70. The summed E-state index contributed by atoms with van der Waals surface area (Å²) in [6.07, 6.45) is 2.48. The fourth-order valence-corrected chi connectivity index (χ4v) is 3.37. The lowest BCUT2D eigenvalue weighted by Crippen LogP contribution is -2.30. The van der Waals surface area contributed by atoms with Gasteiger partial charge in [-0.05, 0) is 30.5 Å². The summed E-state index contributed by atoms with van der Waals surface area (Å²) in [5.41, 5.74) is 1.80. The molecular weight excluding hydrogens is 314 g/mol. The van der Waals surface area contributed by atoms with Crippen molar-refractivity contribution in [3.05, 3.63) is 65.7 Å². The fourth-order valence-electron chi connectivity index (χ4n) is 3.37. The molecule has 1 atom stereocenters. The number of benzene rings is 2. The molecule has 0 N–H and O–H groups in total. The molecular formula is C21H23NO3. The van der Waals surface area contributed by atoms with Gasteiger partial charge in [0.05, 0.1) is 13.2 Å². The van der Waals surface area contributed by atoms with Crippen molar-refractivity contribution in [3.8, 4) is 5.75 Å². The zero-order valence-electron chi connectivity index (χ0n) is 14.5. The molecule has 0 aromatic heterocycles. The SMILES string of the molecule is COc1ccc(C2CCCN2C(=O)CCC(=O)c2ccccc2)cc1. The minimum Gasteiger partial charge on any atom is -0.497 e. The van der Waals surface area contributed by atoms with Gasteiger partial charge in [-0.3, -0.25) is 9.59 Å². The molecule has 4 heteroatoms. The van der Waals surface area contributed by atoms with Crippen LogP contribution in [0.5, 0.6) is 5.75 Å². The summed E-state index contributed by atoms with van der Waals surface area (Å²) in [6, 6.07) is 17.1.